The Morgan fingerprint density at radius 3 is 2.39 bits per heavy atom. The Kier molecular flexibility index (Phi) is 4.59. The first-order valence-corrected chi connectivity index (χ1v) is 6.12. The highest BCUT2D eigenvalue weighted by molar-refractivity contribution is 7.86. The van der Waals surface area contributed by atoms with Gasteiger partial charge in [0.1, 0.15) is 0 Å². The van der Waals surface area contributed by atoms with Gasteiger partial charge in [-0.3, -0.25) is 14.5 Å². The molecule has 0 aliphatic heterocycles. The fourth-order valence-corrected chi connectivity index (χ4v) is 2.04. The van der Waals surface area contributed by atoms with Gasteiger partial charge < -0.3 is 0 Å². The van der Waals surface area contributed by atoms with Gasteiger partial charge in [-0.25, -0.2) is 4.84 Å². The van der Waals surface area contributed by atoms with Gasteiger partial charge in [-0.2, -0.15) is 8.42 Å². The van der Waals surface area contributed by atoms with Crippen LogP contribution < -0.4 is 5.48 Å². The molecule has 0 fully saturated rings. The summed E-state index contributed by atoms with van der Waals surface area (Å²) in [5.41, 5.74) is 2.64. The van der Waals surface area contributed by atoms with Crippen molar-refractivity contribution in [3.05, 3.63) is 23.1 Å². The van der Waals surface area contributed by atoms with Gasteiger partial charge in [-0.15, -0.1) is 0 Å². The van der Waals surface area contributed by atoms with Crippen molar-refractivity contribution in [2.75, 3.05) is 26.8 Å². The highest BCUT2D eigenvalue weighted by Crippen LogP contribution is 2.28. The van der Waals surface area contributed by atoms with Gasteiger partial charge in [0.15, 0.2) is 12.0 Å². The van der Waals surface area contributed by atoms with E-state index in [0.717, 1.165) is 14.2 Å². The molecule has 0 bridgehead atoms. The lowest BCUT2D eigenvalue weighted by Gasteiger charge is -2.05. The fourth-order valence-electron chi connectivity index (χ4n) is 1.24. The number of nitrogens with zero attached hydrogens (tertiary/aromatic N) is 1. The van der Waals surface area contributed by atoms with Crippen molar-refractivity contribution in [1.29, 1.82) is 0 Å². The Balaban J connectivity index is 3.39. The monoisotopic (exact) mass is 277 g/mol. The molecule has 0 saturated carbocycles. The summed E-state index contributed by atoms with van der Waals surface area (Å²) in [6.07, 6.45) is 0. The van der Waals surface area contributed by atoms with Crippen LogP contribution >= 0.6 is 0 Å². The lowest BCUT2D eigenvalue weighted by atomic mass is 10.3. The minimum atomic E-state index is -4.01. The van der Waals surface area contributed by atoms with E-state index in [1.807, 2.05) is 0 Å². The van der Waals surface area contributed by atoms with E-state index in [1.54, 1.807) is 0 Å². The van der Waals surface area contributed by atoms with Gasteiger partial charge >= 0.3 is 15.8 Å². The zero-order valence-corrected chi connectivity index (χ0v) is 10.9. The van der Waals surface area contributed by atoms with E-state index in [1.165, 1.54) is 25.3 Å². The number of hydrogen-bond donors (Lipinski definition) is 1. The molecule has 9 heteroatoms. The number of nitrogens with one attached hydrogen (secondary N) is 1. The lowest BCUT2D eigenvalue weighted by molar-refractivity contribution is -0.738. The molecule has 0 amide bonds. The first-order valence-electron chi connectivity index (χ1n) is 4.71. The summed E-state index contributed by atoms with van der Waals surface area (Å²) in [5, 5.41) is 0. The number of anilines is 1. The number of hydrogen-bond acceptors (Lipinski definition) is 7. The highest BCUT2D eigenvalue weighted by Gasteiger charge is 2.30. The summed E-state index contributed by atoms with van der Waals surface area (Å²) in [6.45, 7) is 0. The quantitative estimate of drug-likeness (QED) is 0.611. The molecule has 8 nitrogen and oxygen atoms in total. The topological polar surface area (TPSA) is 93.9 Å². The third kappa shape index (κ3) is 2.94. The average Bonchev–Trinajstić information content (AvgIpc) is 2.38. The van der Waals surface area contributed by atoms with Crippen LogP contribution in [-0.4, -0.2) is 34.7 Å². The van der Waals surface area contributed by atoms with Crippen LogP contribution in [-0.2, 0) is 24.0 Å². The van der Waals surface area contributed by atoms with Crippen molar-refractivity contribution >= 4 is 21.5 Å². The maximum atomic E-state index is 11.6. The van der Waals surface area contributed by atoms with Crippen molar-refractivity contribution in [1.82, 2.24) is 0 Å². The molecular formula is C9H13N2O6S+. The smallest absolute Gasteiger partial charge is 0.279 e. The molecule has 0 saturated heterocycles. The fraction of sp³-hybridized carbons (Fsp3) is 0.333. The molecule has 0 aliphatic rings. The summed E-state index contributed by atoms with van der Waals surface area (Å²) in [5.74, 6) is 0. The van der Waals surface area contributed by atoms with Crippen LogP contribution in [0.4, 0.5) is 11.4 Å². The first-order chi connectivity index (χ1) is 8.46. The largest absolute Gasteiger partial charge is 0.339 e. The van der Waals surface area contributed by atoms with E-state index < -0.39 is 10.1 Å². The summed E-state index contributed by atoms with van der Waals surface area (Å²) in [4.78, 5) is 20.3. The van der Waals surface area contributed by atoms with E-state index >= 15 is 0 Å². The van der Waals surface area contributed by atoms with Gasteiger partial charge in [0.05, 0.1) is 24.8 Å². The lowest BCUT2D eigenvalue weighted by Crippen LogP contribution is -2.09. The molecule has 0 aromatic heterocycles. The van der Waals surface area contributed by atoms with Crippen LogP contribution in [0.2, 0.25) is 0 Å². The van der Waals surface area contributed by atoms with Crippen LogP contribution in [0.1, 0.15) is 0 Å². The normalized spacial score (nSPS) is 11.1. The molecule has 1 rings (SSSR count). The molecular weight excluding hydrogens is 264 g/mol. The Bertz CT molecular complexity index is 542. The zero-order chi connectivity index (χ0) is 13.8. The van der Waals surface area contributed by atoms with E-state index in [9.17, 15) is 13.3 Å². The highest BCUT2D eigenvalue weighted by atomic mass is 32.2. The molecule has 1 aromatic rings. The molecule has 100 valence electrons. The molecule has 0 atom stereocenters. The SMILES string of the molecule is CONc1ccc(S(=O)(=O)OC)c([N+](=O)OC)c1. The van der Waals surface area contributed by atoms with Gasteiger partial charge in [-0.05, 0) is 12.1 Å². The average molecular weight is 277 g/mol. The summed E-state index contributed by atoms with van der Waals surface area (Å²) < 4.78 is 27.6. The summed E-state index contributed by atoms with van der Waals surface area (Å²) >= 11 is 0. The molecule has 1 aromatic carbocycles. The maximum Gasteiger partial charge on any atom is 0.339 e. The van der Waals surface area contributed by atoms with Crippen LogP contribution in [0.3, 0.4) is 0 Å². The molecule has 0 spiro atoms. The summed E-state index contributed by atoms with van der Waals surface area (Å²) in [7, 11) is -0.506. The minimum Gasteiger partial charge on any atom is -0.279 e. The molecule has 0 radical (unpaired) electrons. The van der Waals surface area contributed by atoms with Crippen LogP contribution in [0, 0.1) is 4.91 Å². The Labute approximate surface area is 104 Å². The molecule has 18 heavy (non-hydrogen) atoms. The minimum absolute atomic E-state index is 0.0622. The van der Waals surface area contributed by atoms with Crippen LogP contribution in [0.5, 0.6) is 0 Å². The second-order valence-electron chi connectivity index (χ2n) is 3.05. The van der Waals surface area contributed by atoms with Crippen molar-refractivity contribution in [3.8, 4) is 0 Å². The zero-order valence-electron chi connectivity index (χ0n) is 10.0. The Morgan fingerprint density at radius 2 is 1.89 bits per heavy atom. The van der Waals surface area contributed by atoms with Crippen LogP contribution in [0.25, 0.3) is 0 Å². The van der Waals surface area contributed by atoms with Gasteiger partial charge in [0.25, 0.3) is 4.92 Å². The third-order valence-electron chi connectivity index (χ3n) is 2.03. The Hall–Kier alpha value is -1.71. The van der Waals surface area contributed by atoms with E-state index in [-0.39, 0.29) is 15.5 Å². The van der Waals surface area contributed by atoms with Gasteiger partial charge in [0, 0.05) is 6.07 Å². The van der Waals surface area contributed by atoms with E-state index in [2.05, 4.69) is 19.3 Å². The number of rotatable bonds is 6. The predicted molar refractivity (Wildman–Crippen MR) is 61.6 cm³/mol. The molecule has 1 N–H and O–H groups in total. The predicted octanol–water partition coefficient (Wildman–Crippen LogP) is 0.967. The van der Waals surface area contributed by atoms with E-state index in [4.69, 9.17) is 0 Å². The van der Waals surface area contributed by atoms with Crippen molar-refractivity contribution < 1.29 is 27.2 Å². The Morgan fingerprint density at radius 1 is 1.22 bits per heavy atom. The molecule has 0 unspecified atom stereocenters. The second-order valence-corrected chi connectivity index (χ2v) is 4.73. The second kappa shape index (κ2) is 5.76. The first kappa shape index (κ1) is 14.4. The standard InChI is InChI=1S/C9H13N2O6S/c1-15-10-7-4-5-9(18(13,14)17-3)8(6-7)11(12)16-2/h4-6,10H,1-3H3/q+1. The summed E-state index contributed by atoms with van der Waals surface area (Å²) in [6, 6.07) is 3.88. The molecule has 0 heterocycles. The van der Waals surface area contributed by atoms with Crippen molar-refractivity contribution in [2.45, 2.75) is 4.90 Å². The molecule has 0 aliphatic carbocycles. The van der Waals surface area contributed by atoms with Gasteiger partial charge in [0.2, 0.25) is 0 Å². The van der Waals surface area contributed by atoms with Crippen LogP contribution in [0.15, 0.2) is 23.1 Å². The number of benzene rings is 1. The van der Waals surface area contributed by atoms with E-state index in [0.29, 0.717) is 5.69 Å². The van der Waals surface area contributed by atoms with Crippen molar-refractivity contribution in [2.24, 2.45) is 0 Å². The third-order valence-corrected chi connectivity index (χ3v) is 3.35. The van der Waals surface area contributed by atoms with Crippen molar-refractivity contribution in [3.63, 3.8) is 0 Å². The maximum absolute atomic E-state index is 11.6. The van der Waals surface area contributed by atoms with Gasteiger partial charge in [-0.1, -0.05) is 0 Å².